The minimum Gasteiger partial charge on any atom is -0.326 e. The van der Waals surface area contributed by atoms with Gasteiger partial charge in [-0.3, -0.25) is 4.72 Å². The third-order valence-corrected chi connectivity index (χ3v) is 6.53. The minimum absolute atomic E-state index is 0.252. The van der Waals surface area contributed by atoms with E-state index >= 15 is 0 Å². The topological polar surface area (TPSA) is 72.2 Å². The molecule has 0 atom stereocenters. The number of benzene rings is 1. The summed E-state index contributed by atoms with van der Waals surface area (Å²) in [4.78, 5) is 1.79. The highest BCUT2D eigenvalue weighted by molar-refractivity contribution is 9.10. The van der Waals surface area contributed by atoms with Crippen LogP contribution in [0.15, 0.2) is 33.6 Å². The Hall–Kier alpha value is -0.600. The molecule has 1 heterocycles. The average molecular weight is 396 g/mol. The molecule has 0 bridgehead atoms. The molecule has 0 aliphatic carbocycles. The maximum absolute atomic E-state index is 12.3. The molecule has 0 aliphatic heterocycles. The highest BCUT2D eigenvalue weighted by Crippen LogP contribution is 2.29. The highest BCUT2D eigenvalue weighted by Gasteiger charge is 2.20. The van der Waals surface area contributed by atoms with E-state index in [1.54, 1.807) is 31.2 Å². The van der Waals surface area contributed by atoms with Crippen molar-refractivity contribution in [2.24, 2.45) is 5.73 Å². The molecule has 0 amide bonds. The van der Waals surface area contributed by atoms with E-state index in [9.17, 15) is 8.42 Å². The molecular weight excluding hydrogens is 384 g/mol. The van der Waals surface area contributed by atoms with Gasteiger partial charge in [-0.2, -0.15) is 0 Å². The first-order valence-corrected chi connectivity index (χ1v) is 9.08. The van der Waals surface area contributed by atoms with Crippen molar-refractivity contribution in [3.63, 3.8) is 0 Å². The molecule has 0 spiro atoms. The van der Waals surface area contributed by atoms with Crippen LogP contribution in [0.2, 0.25) is 5.02 Å². The Morgan fingerprint density at radius 1 is 1.40 bits per heavy atom. The molecule has 4 nitrogen and oxygen atoms in total. The van der Waals surface area contributed by atoms with E-state index in [1.165, 1.54) is 11.3 Å². The van der Waals surface area contributed by atoms with Crippen molar-refractivity contribution in [3.05, 3.63) is 43.5 Å². The van der Waals surface area contributed by atoms with Gasteiger partial charge >= 0.3 is 0 Å². The van der Waals surface area contributed by atoms with Gasteiger partial charge in [0.1, 0.15) is 4.90 Å². The summed E-state index contributed by atoms with van der Waals surface area (Å²) in [6.45, 7) is 2.08. The van der Waals surface area contributed by atoms with Crippen molar-refractivity contribution in [2.75, 3.05) is 4.72 Å². The van der Waals surface area contributed by atoms with Gasteiger partial charge in [0.05, 0.1) is 10.7 Å². The number of nitrogens with one attached hydrogen (secondary N) is 1. The van der Waals surface area contributed by atoms with Gasteiger partial charge in [-0.25, -0.2) is 8.42 Å². The Balaban J connectivity index is 2.35. The lowest BCUT2D eigenvalue weighted by atomic mass is 10.3. The van der Waals surface area contributed by atoms with E-state index < -0.39 is 10.0 Å². The number of anilines is 1. The van der Waals surface area contributed by atoms with Gasteiger partial charge in [-0.15, -0.1) is 11.3 Å². The van der Waals surface area contributed by atoms with Gasteiger partial charge in [-0.1, -0.05) is 11.6 Å². The first-order valence-electron chi connectivity index (χ1n) is 5.60. The predicted octanol–water partition coefficient (Wildman–Crippen LogP) is 3.73. The van der Waals surface area contributed by atoms with Gasteiger partial charge in [0, 0.05) is 20.8 Å². The molecule has 2 rings (SSSR count). The van der Waals surface area contributed by atoms with E-state index in [0.29, 0.717) is 26.6 Å². The Morgan fingerprint density at radius 2 is 2.10 bits per heavy atom. The number of rotatable bonds is 4. The van der Waals surface area contributed by atoms with Gasteiger partial charge < -0.3 is 5.73 Å². The monoisotopic (exact) mass is 394 g/mol. The number of halogens is 2. The van der Waals surface area contributed by atoms with Crippen LogP contribution in [0.1, 0.15) is 9.75 Å². The zero-order chi connectivity index (χ0) is 14.9. The molecule has 8 heteroatoms. The minimum atomic E-state index is -3.63. The largest absolute Gasteiger partial charge is 0.326 e. The lowest BCUT2D eigenvalue weighted by Crippen LogP contribution is -2.13. The molecular formula is C12H12BrClN2O2S2. The van der Waals surface area contributed by atoms with Gasteiger partial charge in [-0.05, 0) is 47.1 Å². The number of hydrogen-bond acceptors (Lipinski definition) is 4. The average Bonchev–Trinajstić information content (AvgIpc) is 2.76. The first kappa shape index (κ1) is 15.8. The second-order valence-corrected chi connectivity index (χ2v) is 8.32. The molecule has 1 aromatic heterocycles. The van der Waals surface area contributed by atoms with Crippen molar-refractivity contribution in [2.45, 2.75) is 18.4 Å². The zero-order valence-electron chi connectivity index (χ0n) is 10.5. The van der Waals surface area contributed by atoms with Crippen LogP contribution in [-0.2, 0) is 16.6 Å². The van der Waals surface area contributed by atoms with Crippen LogP contribution in [-0.4, -0.2) is 8.42 Å². The summed E-state index contributed by atoms with van der Waals surface area (Å²) in [6, 6.07) is 6.47. The molecule has 3 N–H and O–H groups in total. The normalized spacial score (nSPS) is 11.6. The second-order valence-electron chi connectivity index (χ2n) is 4.07. The maximum Gasteiger partial charge on any atom is 0.263 e. The van der Waals surface area contributed by atoms with E-state index in [1.807, 2.05) is 0 Å². The third-order valence-electron chi connectivity index (χ3n) is 2.59. The molecule has 2 aromatic rings. The standard InChI is InChI=1S/C12H12BrClN2O2S2/c1-7-12(5-9(6-15)19-7)20(17,18)16-8-2-3-10(13)11(14)4-8/h2-5,16H,6,15H2,1H3. The Kier molecular flexibility index (Phi) is 4.76. The summed E-state index contributed by atoms with van der Waals surface area (Å²) >= 11 is 10.6. The molecule has 0 saturated carbocycles. The summed E-state index contributed by atoms with van der Waals surface area (Å²) in [5, 5.41) is 0.440. The summed E-state index contributed by atoms with van der Waals surface area (Å²) in [5.41, 5.74) is 5.95. The van der Waals surface area contributed by atoms with Crippen LogP contribution >= 0.6 is 38.9 Å². The fourth-order valence-corrected chi connectivity index (χ4v) is 4.65. The van der Waals surface area contributed by atoms with Gasteiger partial charge in [0.2, 0.25) is 0 Å². The second kappa shape index (κ2) is 6.03. The van der Waals surface area contributed by atoms with Crippen LogP contribution in [0.5, 0.6) is 0 Å². The van der Waals surface area contributed by atoms with E-state index in [2.05, 4.69) is 20.7 Å². The van der Waals surface area contributed by atoms with Gasteiger partial charge in [0.15, 0.2) is 0 Å². The molecule has 108 valence electrons. The Labute approximate surface area is 135 Å². The smallest absolute Gasteiger partial charge is 0.263 e. The zero-order valence-corrected chi connectivity index (χ0v) is 14.5. The molecule has 0 radical (unpaired) electrons. The van der Waals surface area contributed by atoms with Crippen molar-refractivity contribution < 1.29 is 8.42 Å². The number of hydrogen-bond donors (Lipinski definition) is 2. The Morgan fingerprint density at radius 3 is 2.65 bits per heavy atom. The number of nitrogens with two attached hydrogens (primary N) is 1. The van der Waals surface area contributed by atoms with Crippen molar-refractivity contribution in [3.8, 4) is 0 Å². The third kappa shape index (κ3) is 3.35. The van der Waals surface area contributed by atoms with Crippen LogP contribution in [0.25, 0.3) is 0 Å². The quantitative estimate of drug-likeness (QED) is 0.828. The summed E-state index contributed by atoms with van der Waals surface area (Å²) in [6.07, 6.45) is 0. The van der Waals surface area contributed by atoms with Crippen LogP contribution in [0.4, 0.5) is 5.69 Å². The molecule has 20 heavy (non-hydrogen) atoms. The van der Waals surface area contributed by atoms with Crippen molar-refractivity contribution >= 4 is 54.6 Å². The highest BCUT2D eigenvalue weighted by atomic mass is 79.9. The number of aryl methyl sites for hydroxylation is 1. The van der Waals surface area contributed by atoms with Crippen LogP contribution in [0.3, 0.4) is 0 Å². The maximum atomic E-state index is 12.3. The molecule has 0 fully saturated rings. The van der Waals surface area contributed by atoms with Crippen LogP contribution < -0.4 is 10.5 Å². The molecule has 0 unspecified atom stereocenters. The van der Waals surface area contributed by atoms with Crippen molar-refractivity contribution in [1.82, 2.24) is 0 Å². The fourth-order valence-electron chi connectivity index (χ4n) is 1.66. The first-order chi connectivity index (χ1) is 9.33. The number of thiophene rings is 1. The number of sulfonamides is 1. The fraction of sp³-hybridized carbons (Fsp3) is 0.167. The SMILES string of the molecule is Cc1sc(CN)cc1S(=O)(=O)Nc1ccc(Br)c(Cl)c1. The summed E-state index contributed by atoms with van der Waals surface area (Å²) in [7, 11) is -3.63. The predicted molar refractivity (Wildman–Crippen MR) is 86.9 cm³/mol. The van der Waals surface area contributed by atoms with E-state index in [4.69, 9.17) is 17.3 Å². The van der Waals surface area contributed by atoms with E-state index in [-0.39, 0.29) is 4.90 Å². The summed E-state index contributed by atoms with van der Waals surface area (Å²) in [5.74, 6) is 0. The van der Waals surface area contributed by atoms with Crippen molar-refractivity contribution in [1.29, 1.82) is 0 Å². The lowest BCUT2D eigenvalue weighted by molar-refractivity contribution is 0.601. The molecule has 0 aliphatic rings. The molecule has 1 aromatic carbocycles. The van der Waals surface area contributed by atoms with Gasteiger partial charge in [0.25, 0.3) is 10.0 Å². The summed E-state index contributed by atoms with van der Waals surface area (Å²) < 4.78 is 27.9. The molecule has 0 saturated heterocycles. The van der Waals surface area contributed by atoms with Crippen LogP contribution in [0, 0.1) is 6.92 Å². The van der Waals surface area contributed by atoms with E-state index in [0.717, 1.165) is 4.88 Å². The lowest BCUT2D eigenvalue weighted by Gasteiger charge is -2.08. The Bertz CT molecular complexity index is 744.